The summed E-state index contributed by atoms with van der Waals surface area (Å²) in [6.45, 7) is 0. The molecule has 0 amide bonds. The zero-order chi connectivity index (χ0) is 10.7. The van der Waals surface area contributed by atoms with Crippen LogP contribution in [0.25, 0.3) is 0 Å². The fraction of sp³-hybridized carbons (Fsp3) is 0.429. The summed E-state index contributed by atoms with van der Waals surface area (Å²) in [6, 6.07) is 0. The SMILES string of the molecule is Cn1cc(C(=O)CC(=O)C(F)F)nn1. The third kappa shape index (κ3) is 2.41. The summed E-state index contributed by atoms with van der Waals surface area (Å²) in [5, 5.41) is 6.83. The van der Waals surface area contributed by atoms with Crippen LogP contribution < -0.4 is 0 Å². The maximum absolute atomic E-state index is 11.8. The fourth-order valence-corrected chi connectivity index (χ4v) is 0.801. The summed E-state index contributed by atoms with van der Waals surface area (Å²) in [6.07, 6.45) is -2.69. The van der Waals surface area contributed by atoms with E-state index in [1.165, 1.54) is 17.9 Å². The molecule has 7 heteroatoms. The molecule has 0 aliphatic carbocycles. The van der Waals surface area contributed by atoms with Gasteiger partial charge < -0.3 is 0 Å². The largest absolute Gasteiger partial charge is 0.296 e. The molecular formula is C7H7F2N3O2. The van der Waals surface area contributed by atoms with Crippen molar-refractivity contribution in [2.75, 3.05) is 0 Å². The van der Waals surface area contributed by atoms with E-state index in [0.717, 1.165) is 0 Å². The van der Waals surface area contributed by atoms with E-state index in [0.29, 0.717) is 0 Å². The Morgan fingerprint density at radius 1 is 1.57 bits per heavy atom. The van der Waals surface area contributed by atoms with Crippen molar-refractivity contribution in [2.24, 2.45) is 7.05 Å². The van der Waals surface area contributed by atoms with Gasteiger partial charge >= 0.3 is 0 Å². The van der Waals surface area contributed by atoms with Crippen molar-refractivity contribution >= 4 is 11.6 Å². The standard InChI is InChI=1S/C7H7F2N3O2/c1-12-3-4(10-11-12)5(13)2-6(14)7(8)9/h3,7H,2H2,1H3. The molecule has 0 N–H and O–H groups in total. The van der Waals surface area contributed by atoms with Crippen LogP contribution in [0, 0.1) is 0 Å². The van der Waals surface area contributed by atoms with Gasteiger partial charge in [0.15, 0.2) is 5.78 Å². The summed E-state index contributed by atoms with van der Waals surface area (Å²) in [5.41, 5.74) is -0.0819. The molecule has 0 radical (unpaired) electrons. The van der Waals surface area contributed by atoms with Crippen LogP contribution in [0.3, 0.4) is 0 Å². The minimum Gasteiger partial charge on any atom is -0.293 e. The average Bonchev–Trinajstić information content (AvgIpc) is 2.51. The number of aromatic nitrogens is 3. The van der Waals surface area contributed by atoms with Gasteiger partial charge in [0.05, 0.1) is 12.6 Å². The molecule has 0 spiro atoms. The van der Waals surface area contributed by atoms with Crippen LogP contribution in [0.4, 0.5) is 8.78 Å². The Balaban J connectivity index is 2.64. The molecular weight excluding hydrogens is 196 g/mol. The first kappa shape index (κ1) is 10.4. The minimum absolute atomic E-state index is 0.0819. The van der Waals surface area contributed by atoms with Gasteiger partial charge in [-0.05, 0) is 0 Å². The maximum atomic E-state index is 11.8. The number of aryl methyl sites for hydroxylation is 1. The molecule has 1 heterocycles. The van der Waals surface area contributed by atoms with Crippen molar-refractivity contribution in [3.8, 4) is 0 Å². The molecule has 76 valence electrons. The zero-order valence-corrected chi connectivity index (χ0v) is 7.28. The highest BCUT2D eigenvalue weighted by atomic mass is 19.3. The second-order valence-corrected chi connectivity index (χ2v) is 2.64. The molecule has 0 aliphatic rings. The van der Waals surface area contributed by atoms with E-state index in [1.807, 2.05) is 0 Å². The number of ketones is 2. The van der Waals surface area contributed by atoms with Crippen molar-refractivity contribution < 1.29 is 18.4 Å². The second-order valence-electron chi connectivity index (χ2n) is 2.64. The number of halogens is 2. The smallest absolute Gasteiger partial charge is 0.293 e. The van der Waals surface area contributed by atoms with Gasteiger partial charge in [-0.25, -0.2) is 8.78 Å². The number of carbonyl (C=O) groups is 2. The lowest BCUT2D eigenvalue weighted by Crippen LogP contribution is -2.15. The predicted molar refractivity (Wildman–Crippen MR) is 41.0 cm³/mol. The molecule has 0 atom stereocenters. The van der Waals surface area contributed by atoms with Crippen molar-refractivity contribution in [3.63, 3.8) is 0 Å². The normalized spacial score (nSPS) is 10.6. The quantitative estimate of drug-likeness (QED) is 0.518. The van der Waals surface area contributed by atoms with Crippen LogP contribution in [-0.2, 0) is 11.8 Å². The molecule has 0 saturated carbocycles. The topological polar surface area (TPSA) is 64.8 Å². The Hall–Kier alpha value is -1.66. The lowest BCUT2D eigenvalue weighted by Gasteiger charge is -1.95. The van der Waals surface area contributed by atoms with Crippen LogP contribution >= 0.6 is 0 Å². The van der Waals surface area contributed by atoms with Crippen molar-refractivity contribution in [1.29, 1.82) is 0 Å². The summed E-state index contributed by atoms with van der Waals surface area (Å²) in [7, 11) is 1.53. The number of rotatable bonds is 4. The molecule has 0 aliphatic heterocycles. The monoisotopic (exact) mass is 203 g/mol. The molecule has 1 rings (SSSR count). The first-order chi connectivity index (χ1) is 6.50. The van der Waals surface area contributed by atoms with Crippen molar-refractivity contribution in [3.05, 3.63) is 11.9 Å². The average molecular weight is 203 g/mol. The molecule has 0 unspecified atom stereocenters. The molecule has 0 bridgehead atoms. The van der Waals surface area contributed by atoms with E-state index >= 15 is 0 Å². The molecule has 14 heavy (non-hydrogen) atoms. The molecule has 0 aromatic carbocycles. The number of hydrogen-bond acceptors (Lipinski definition) is 4. The third-order valence-corrected chi connectivity index (χ3v) is 1.47. The lowest BCUT2D eigenvalue weighted by atomic mass is 10.2. The predicted octanol–water partition coefficient (Wildman–Crippen LogP) is 0.222. The van der Waals surface area contributed by atoms with E-state index < -0.39 is 24.4 Å². The highest BCUT2D eigenvalue weighted by Gasteiger charge is 2.21. The first-order valence-electron chi connectivity index (χ1n) is 3.71. The maximum Gasteiger partial charge on any atom is 0.296 e. The second kappa shape index (κ2) is 4.03. The molecule has 1 aromatic heterocycles. The number of carbonyl (C=O) groups excluding carboxylic acids is 2. The van der Waals surface area contributed by atoms with Gasteiger partial charge in [-0.1, -0.05) is 5.21 Å². The highest BCUT2D eigenvalue weighted by Crippen LogP contribution is 2.03. The summed E-state index contributed by atoms with van der Waals surface area (Å²) in [4.78, 5) is 21.6. The van der Waals surface area contributed by atoms with Crippen LogP contribution in [0.5, 0.6) is 0 Å². The minimum atomic E-state index is -3.12. The Morgan fingerprint density at radius 3 is 2.64 bits per heavy atom. The number of Topliss-reactive ketones (excluding diaryl/α,β-unsaturated/α-hetero) is 2. The number of hydrogen-bond donors (Lipinski definition) is 0. The first-order valence-corrected chi connectivity index (χ1v) is 3.71. The summed E-state index contributed by atoms with van der Waals surface area (Å²) < 4.78 is 24.8. The van der Waals surface area contributed by atoms with Crippen molar-refractivity contribution in [1.82, 2.24) is 15.0 Å². The highest BCUT2D eigenvalue weighted by molar-refractivity contribution is 6.07. The van der Waals surface area contributed by atoms with Crippen LogP contribution in [0.1, 0.15) is 16.9 Å². The van der Waals surface area contributed by atoms with Crippen LogP contribution in [-0.4, -0.2) is 33.0 Å². The Labute approximate surface area is 77.7 Å². The van der Waals surface area contributed by atoms with Crippen LogP contribution in [0.2, 0.25) is 0 Å². The van der Waals surface area contributed by atoms with Crippen LogP contribution in [0.15, 0.2) is 6.20 Å². The Bertz CT molecular complexity index is 362. The number of nitrogens with zero attached hydrogens (tertiary/aromatic N) is 3. The Morgan fingerprint density at radius 2 is 2.21 bits per heavy atom. The van der Waals surface area contributed by atoms with E-state index in [1.54, 1.807) is 0 Å². The van der Waals surface area contributed by atoms with Gasteiger partial charge in [0.2, 0.25) is 5.78 Å². The van der Waals surface area contributed by atoms with Gasteiger partial charge in [0.25, 0.3) is 6.43 Å². The van der Waals surface area contributed by atoms with E-state index in [4.69, 9.17) is 0 Å². The number of alkyl halides is 2. The van der Waals surface area contributed by atoms with E-state index in [2.05, 4.69) is 10.3 Å². The lowest BCUT2D eigenvalue weighted by molar-refractivity contribution is -0.128. The molecule has 0 saturated heterocycles. The zero-order valence-electron chi connectivity index (χ0n) is 7.28. The molecule has 5 nitrogen and oxygen atoms in total. The summed E-state index contributed by atoms with van der Waals surface area (Å²) in [5.74, 6) is -2.15. The van der Waals surface area contributed by atoms with E-state index in [-0.39, 0.29) is 5.69 Å². The molecule has 1 aromatic rings. The third-order valence-electron chi connectivity index (χ3n) is 1.47. The van der Waals surface area contributed by atoms with E-state index in [9.17, 15) is 18.4 Å². The van der Waals surface area contributed by atoms with Gasteiger partial charge in [-0.3, -0.25) is 14.3 Å². The van der Waals surface area contributed by atoms with Gasteiger partial charge in [0.1, 0.15) is 5.69 Å². The molecule has 0 fully saturated rings. The van der Waals surface area contributed by atoms with Gasteiger partial charge in [-0.2, -0.15) is 0 Å². The van der Waals surface area contributed by atoms with Crippen molar-refractivity contribution in [2.45, 2.75) is 12.8 Å². The Kier molecular flexibility index (Phi) is 3.00. The fourth-order valence-electron chi connectivity index (χ4n) is 0.801. The van der Waals surface area contributed by atoms with Gasteiger partial charge in [-0.15, -0.1) is 5.10 Å². The summed E-state index contributed by atoms with van der Waals surface area (Å²) >= 11 is 0. The van der Waals surface area contributed by atoms with Gasteiger partial charge in [0, 0.05) is 7.05 Å².